The Morgan fingerprint density at radius 3 is 2.21 bits per heavy atom. The number of benzene rings is 2. The van der Waals surface area contributed by atoms with Crippen molar-refractivity contribution in [1.29, 1.82) is 0 Å². The van der Waals surface area contributed by atoms with Gasteiger partial charge in [-0.1, -0.05) is 36.4 Å². The molecule has 2 aliphatic heterocycles. The van der Waals surface area contributed by atoms with Crippen LogP contribution in [0.4, 0.5) is 13.6 Å². The van der Waals surface area contributed by atoms with E-state index >= 15 is 0 Å². The molecular weight excluding hydrogens is 380 g/mol. The average Bonchev–Trinajstić information content (AvgIpc) is 2.93. The summed E-state index contributed by atoms with van der Waals surface area (Å²) < 4.78 is 27.8. The molecule has 2 aromatic carbocycles. The number of hydrogen-bond acceptors (Lipinski definition) is 3. The predicted octanol–water partition coefficient (Wildman–Crippen LogP) is 2.69. The molecule has 0 unspecified atom stereocenters. The molecular formula is C21H19F2N3O3. The van der Waals surface area contributed by atoms with Crippen LogP contribution < -0.4 is 5.32 Å². The summed E-state index contributed by atoms with van der Waals surface area (Å²) in [5.41, 5.74) is -0.859. The highest BCUT2D eigenvalue weighted by Crippen LogP contribution is 2.31. The fourth-order valence-corrected chi connectivity index (χ4v) is 3.88. The van der Waals surface area contributed by atoms with Crippen molar-refractivity contribution in [2.75, 3.05) is 13.1 Å². The fourth-order valence-electron chi connectivity index (χ4n) is 3.88. The minimum atomic E-state index is -1.09. The van der Waals surface area contributed by atoms with Gasteiger partial charge in [-0.05, 0) is 30.5 Å². The standard InChI is InChI=1S/C21H19F2N3O3/c22-15-7-4-8-16(23)17(15)18(27)25-11-9-21(10-12-25)19(28)26(20(29)24-21)13-14-5-2-1-3-6-14/h1-8H,9-13H2,(H,24,29). The molecule has 4 amide bonds. The highest BCUT2D eigenvalue weighted by molar-refractivity contribution is 6.07. The first kappa shape index (κ1) is 19.0. The number of carbonyl (C=O) groups excluding carboxylic acids is 3. The molecule has 0 aliphatic carbocycles. The smallest absolute Gasteiger partial charge is 0.325 e. The lowest BCUT2D eigenvalue weighted by Crippen LogP contribution is -2.56. The van der Waals surface area contributed by atoms with Crippen LogP contribution in [0.3, 0.4) is 0 Å². The predicted molar refractivity (Wildman–Crippen MR) is 99.8 cm³/mol. The van der Waals surface area contributed by atoms with E-state index in [0.29, 0.717) is 0 Å². The van der Waals surface area contributed by atoms with Crippen molar-refractivity contribution < 1.29 is 23.2 Å². The molecule has 6 nitrogen and oxygen atoms in total. The third kappa shape index (κ3) is 3.35. The average molecular weight is 399 g/mol. The van der Waals surface area contributed by atoms with Gasteiger partial charge >= 0.3 is 6.03 Å². The van der Waals surface area contributed by atoms with E-state index in [1.54, 1.807) is 0 Å². The minimum Gasteiger partial charge on any atom is -0.338 e. The summed E-state index contributed by atoms with van der Waals surface area (Å²) in [6.45, 7) is 0.381. The van der Waals surface area contributed by atoms with Crippen LogP contribution in [0, 0.1) is 11.6 Å². The number of amides is 4. The normalized spacial score (nSPS) is 18.3. The number of nitrogens with one attached hydrogen (secondary N) is 1. The molecule has 1 N–H and O–H groups in total. The molecule has 29 heavy (non-hydrogen) atoms. The summed E-state index contributed by atoms with van der Waals surface area (Å²) in [6, 6.07) is 12.0. The second-order valence-electron chi connectivity index (χ2n) is 7.28. The van der Waals surface area contributed by atoms with E-state index < -0.39 is 34.7 Å². The van der Waals surface area contributed by atoms with Crippen LogP contribution in [0.15, 0.2) is 48.5 Å². The first-order valence-corrected chi connectivity index (χ1v) is 9.33. The SMILES string of the molecule is O=C(c1c(F)cccc1F)N1CCC2(CC1)NC(=O)N(Cc1ccccc1)C2=O. The molecule has 8 heteroatoms. The number of piperidine rings is 1. The molecule has 2 aromatic rings. The summed E-state index contributed by atoms with van der Waals surface area (Å²) in [5.74, 6) is -2.94. The maximum atomic E-state index is 13.9. The molecule has 2 fully saturated rings. The van der Waals surface area contributed by atoms with Gasteiger partial charge in [0.05, 0.1) is 6.54 Å². The van der Waals surface area contributed by atoms with Gasteiger partial charge in [-0.3, -0.25) is 14.5 Å². The maximum absolute atomic E-state index is 13.9. The van der Waals surface area contributed by atoms with E-state index in [0.717, 1.165) is 17.7 Å². The maximum Gasteiger partial charge on any atom is 0.325 e. The fraction of sp³-hybridized carbons (Fsp3) is 0.286. The molecule has 2 saturated heterocycles. The van der Waals surface area contributed by atoms with Gasteiger partial charge in [0.25, 0.3) is 11.8 Å². The lowest BCUT2D eigenvalue weighted by molar-refractivity contribution is -0.133. The molecule has 2 aliphatic rings. The van der Waals surface area contributed by atoms with Crippen molar-refractivity contribution in [3.05, 3.63) is 71.3 Å². The highest BCUT2D eigenvalue weighted by Gasteiger charge is 2.52. The largest absolute Gasteiger partial charge is 0.338 e. The summed E-state index contributed by atoms with van der Waals surface area (Å²) in [6.07, 6.45) is 0.370. The first-order chi connectivity index (χ1) is 13.9. The van der Waals surface area contributed by atoms with Gasteiger partial charge in [0, 0.05) is 13.1 Å². The quantitative estimate of drug-likeness (QED) is 0.807. The lowest BCUT2D eigenvalue weighted by Gasteiger charge is -2.37. The Morgan fingerprint density at radius 2 is 1.59 bits per heavy atom. The Labute approximate surface area is 166 Å². The Bertz CT molecular complexity index is 952. The van der Waals surface area contributed by atoms with Crippen molar-refractivity contribution in [3.8, 4) is 0 Å². The van der Waals surface area contributed by atoms with Gasteiger partial charge in [0.15, 0.2) is 0 Å². The lowest BCUT2D eigenvalue weighted by atomic mass is 9.87. The van der Waals surface area contributed by atoms with E-state index in [9.17, 15) is 23.2 Å². The van der Waals surface area contributed by atoms with Crippen LogP contribution in [-0.4, -0.2) is 46.3 Å². The van der Waals surface area contributed by atoms with Crippen LogP contribution >= 0.6 is 0 Å². The number of carbonyl (C=O) groups is 3. The number of imide groups is 1. The van der Waals surface area contributed by atoms with Crippen LogP contribution in [0.5, 0.6) is 0 Å². The van der Waals surface area contributed by atoms with Crippen LogP contribution in [-0.2, 0) is 11.3 Å². The molecule has 0 atom stereocenters. The monoisotopic (exact) mass is 399 g/mol. The minimum absolute atomic E-state index is 0.109. The highest BCUT2D eigenvalue weighted by atomic mass is 19.1. The summed E-state index contributed by atoms with van der Waals surface area (Å²) in [7, 11) is 0. The van der Waals surface area contributed by atoms with E-state index in [-0.39, 0.29) is 38.4 Å². The third-order valence-corrected chi connectivity index (χ3v) is 5.51. The summed E-state index contributed by atoms with van der Waals surface area (Å²) >= 11 is 0. The van der Waals surface area contributed by atoms with E-state index in [1.807, 2.05) is 30.3 Å². The van der Waals surface area contributed by atoms with E-state index in [4.69, 9.17) is 0 Å². The Hall–Kier alpha value is -3.29. The first-order valence-electron chi connectivity index (χ1n) is 9.33. The van der Waals surface area contributed by atoms with Gasteiger partial charge in [-0.2, -0.15) is 0 Å². The van der Waals surface area contributed by atoms with E-state index in [2.05, 4.69) is 5.32 Å². The van der Waals surface area contributed by atoms with Gasteiger partial charge in [-0.15, -0.1) is 0 Å². The molecule has 150 valence electrons. The zero-order chi connectivity index (χ0) is 20.6. The Morgan fingerprint density at radius 1 is 0.966 bits per heavy atom. The molecule has 2 heterocycles. The summed E-state index contributed by atoms with van der Waals surface area (Å²) in [4.78, 5) is 40.4. The number of nitrogens with zero attached hydrogens (tertiary/aromatic N) is 2. The molecule has 0 bridgehead atoms. The second kappa shape index (κ2) is 7.27. The van der Waals surface area contributed by atoms with E-state index in [1.165, 1.54) is 15.9 Å². The summed E-state index contributed by atoms with van der Waals surface area (Å²) in [5, 5.41) is 2.76. The molecule has 4 rings (SSSR count). The van der Waals surface area contributed by atoms with Gasteiger partial charge < -0.3 is 10.2 Å². The van der Waals surface area contributed by atoms with Crippen LogP contribution in [0.1, 0.15) is 28.8 Å². The van der Waals surface area contributed by atoms with Gasteiger partial charge in [-0.25, -0.2) is 13.6 Å². The molecule has 0 saturated carbocycles. The number of urea groups is 1. The number of hydrogen-bond donors (Lipinski definition) is 1. The Kier molecular flexibility index (Phi) is 4.77. The topological polar surface area (TPSA) is 69.7 Å². The number of halogens is 2. The third-order valence-electron chi connectivity index (χ3n) is 5.51. The zero-order valence-electron chi connectivity index (χ0n) is 15.5. The van der Waals surface area contributed by atoms with Crippen molar-refractivity contribution >= 4 is 17.8 Å². The molecule has 0 radical (unpaired) electrons. The van der Waals surface area contributed by atoms with Crippen molar-refractivity contribution in [2.45, 2.75) is 24.9 Å². The second-order valence-corrected chi connectivity index (χ2v) is 7.28. The Balaban J connectivity index is 1.47. The van der Waals surface area contributed by atoms with Gasteiger partial charge in [0.1, 0.15) is 22.7 Å². The molecule has 1 spiro atoms. The number of likely N-dealkylation sites (tertiary alicyclic amines) is 1. The van der Waals surface area contributed by atoms with Gasteiger partial charge in [0.2, 0.25) is 0 Å². The van der Waals surface area contributed by atoms with Crippen LogP contribution in [0.25, 0.3) is 0 Å². The van der Waals surface area contributed by atoms with Crippen LogP contribution in [0.2, 0.25) is 0 Å². The van der Waals surface area contributed by atoms with Crippen molar-refractivity contribution in [3.63, 3.8) is 0 Å². The zero-order valence-corrected chi connectivity index (χ0v) is 15.5. The van der Waals surface area contributed by atoms with Crippen molar-refractivity contribution in [2.24, 2.45) is 0 Å². The molecule has 0 aromatic heterocycles. The van der Waals surface area contributed by atoms with Crippen molar-refractivity contribution in [1.82, 2.24) is 15.1 Å². The number of rotatable bonds is 3.